The van der Waals surface area contributed by atoms with Crippen LogP contribution in [-0.2, 0) is 0 Å². The van der Waals surface area contributed by atoms with E-state index < -0.39 is 6.10 Å². The first-order valence-corrected chi connectivity index (χ1v) is 11.0. The second-order valence-corrected chi connectivity index (χ2v) is 7.71. The molecule has 0 saturated heterocycles. The fourth-order valence-corrected chi connectivity index (χ4v) is 3.93. The molecule has 0 fully saturated rings. The number of methoxy groups -OCH3 is 1. The molecule has 0 bridgehead atoms. The van der Waals surface area contributed by atoms with Gasteiger partial charge in [-0.25, -0.2) is 0 Å². The van der Waals surface area contributed by atoms with E-state index in [1.165, 1.54) is 0 Å². The van der Waals surface area contributed by atoms with Crippen molar-refractivity contribution in [3.63, 3.8) is 0 Å². The summed E-state index contributed by atoms with van der Waals surface area (Å²) in [5, 5.41) is 12.8. The molecule has 3 aromatic carbocycles. The lowest BCUT2D eigenvalue weighted by molar-refractivity contribution is 0.0656. The summed E-state index contributed by atoms with van der Waals surface area (Å²) in [5.41, 5.74) is 2.10. The maximum Gasteiger partial charge on any atom is 0.161 e. The molecular weight excluding hydrogens is 404 g/mol. The molecule has 6 nitrogen and oxygen atoms in total. The Bertz CT molecular complexity index is 1160. The van der Waals surface area contributed by atoms with Crippen molar-refractivity contribution in [3.05, 3.63) is 66.7 Å². The van der Waals surface area contributed by atoms with E-state index in [2.05, 4.69) is 28.9 Å². The first-order chi connectivity index (χ1) is 15.7. The fraction of sp³-hybridized carbons (Fsp3) is 0.308. The lowest BCUT2D eigenvalue weighted by atomic mass is 10.1. The van der Waals surface area contributed by atoms with Gasteiger partial charge in [0.15, 0.2) is 11.5 Å². The van der Waals surface area contributed by atoms with E-state index in [-0.39, 0.29) is 6.61 Å². The van der Waals surface area contributed by atoms with Gasteiger partial charge in [0.1, 0.15) is 25.1 Å². The van der Waals surface area contributed by atoms with E-state index in [9.17, 15) is 5.11 Å². The zero-order valence-corrected chi connectivity index (χ0v) is 18.6. The number of ether oxygens (including phenoxy) is 3. The van der Waals surface area contributed by atoms with E-state index in [0.29, 0.717) is 19.7 Å². The molecule has 4 rings (SSSR count). The number of aromatic amines is 1. The number of nitrogens with one attached hydrogen (secondary N) is 1. The van der Waals surface area contributed by atoms with Gasteiger partial charge in [0.25, 0.3) is 0 Å². The van der Waals surface area contributed by atoms with Gasteiger partial charge in [-0.15, -0.1) is 0 Å². The summed E-state index contributed by atoms with van der Waals surface area (Å²) < 4.78 is 17.2. The molecule has 0 saturated carbocycles. The standard InChI is InChI=1S/C26H30N2O4/c1-3-28(15-16-31-24-13-7-6-12-23(24)30-2)17-19(29)18-32-25-14-8-11-22-26(25)20-9-4-5-10-21(20)27-22/h4-14,19,27,29H,3,15-18H2,1-2H3. The summed E-state index contributed by atoms with van der Waals surface area (Å²) in [4.78, 5) is 5.57. The number of benzene rings is 3. The number of aromatic nitrogens is 1. The van der Waals surface area contributed by atoms with E-state index in [0.717, 1.165) is 45.6 Å². The minimum atomic E-state index is -0.610. The van der Waals surface area contributed by atoms with Crippen LogP contribution in [0.15, 0.2) is 66.7 Å². The van der Waals surface area contributed by atoms with Gasteiger partial charge in [-0.2, -0.15) is 0 Å². The lowest BCUT2D eigenvalue weighted by Crippen LogP contribution is -2.37. The Kier molecular flexibility index (Phi) is 7.14. The first kappa shape index (κ1) is 22.0. The van der Waals surface area contributed by atoms with Gasteiger partial charge >= 0.3 is 0 Å². The van der Waals surface area contributed by atoms with Crippen molar-refractivity contribution in [1.82, 2.24) is 9.88 Å². The second-order valence-electron chi connectivity index (χ2n) is 7.71. The number of H-pyrrole nitrogens is 1. The number of nitrogens with zero attached hydrogens (tertiary/aromatic N) is 1. The topological polar surface area (TPSA) is 67.0 Å². The van der Waals surface area contributed by atoms with Crippen molar-refractivity contribution in [1.29, 1.82) is 0 Å². The number of hydrogen-bond acceptors (Lipinski definition) is 5. The molecule has 0 aliphatic carbocycles. The molecule has 0 spiro atoms. The number of aliphatic hydroxyl groups excluding tert-OH is 1. The van der Waals surface area contributed by atoms with Crippen LogP contribution in [0.1, 0.15) is 6.92 Å². The normalized spacial score (nSPS) is 12.4. The van der Waals surface area contributed by atoms with E-state index in [1.54, 1.807) is 7.11 Å². The molecule has 1 unspecified atom stereocenters. The molecule has 1 heterocycles. The molecule has 2 N–H and O–H groups in total. The highest BCUT2D eigenvalue weighted by molar-refractivity contribution is 6.10. The number of hydrogen-bond donors (Lipinski definition) is 2. The summed E-state index contributed by atoms with van der Waals surface area (Å²) in [6.07, 6.45) is -0.610. The molecule has 32 heavy (non-hydrogen) atoms. The Hall–Kier alpha value is -3.22. The number of aliphatic hydroxyl groups is 1. The molecule has 0 radical (unpaired) electrons. The highest BCUT2D eigenvalue weighted by Gasteiger charge is 2.14. The summed E-state index contributed by atoms with van der Waals surface area (Å²) in [5.74, 6) is 2.22. The Morgan fingerprint density at radius 2 is 1.59 bits per heavy atom. The summed E-state index contributed by atoms with van der Waals surface area (Å²) >= 11 is 0. The van der Waals surface area contributed by atoms with Gasteiger partial charge in [0, 0.05) is 29.4 Å². The highest BCUT2D eigenvalue weighted by Crippen LogP contribution is 2.33. The average Bonchev–Trinajstić information content (AvgIpc) is 3.21. The van der Waals surface area contributed by atoms with Crippen LogP contribution in [0.5, 0.6) is 17.2 Å². The average molecular weight is 435 g/mol. The van der Waals surface area contributed by atoms with E-state index in [1.807, 2.05) is 54.6 Å². The first-order valence-electron chi connectivity index (χ1n) is 11.0. The molecule has 0 aliphatic heterocycles. The van der Waals surface area contributed by atoms with Crippen LogP contribution in [0.3, 0.4) is 0 Å². The van der Waals surface area contributed by atoms with E-state index in [4.69, 9.17) is 14.2 Å². The molecule has 0 aliphatic rings. The lowest BCUT2D eigenvalue weighted by Gasteiger charge is -2.24. The van der Waals surface area contributed by atoms with Crippen molar-refractivity contribution in [3.8, 4) is 17.2 Å². The Morgan fingerprint density at radius 1 is 0.875 bits per heavy atom. The van der Waals surface area contributed by atoms with Crippen molar-refractivity contribution in [2.24, 2.45) is 0 Å². The largest absolute Gasteiger partial charge is 0.493 e. The Balaban J connectivity index is 1.32. The smallest absolute Gasteiger partial charge is 0.161 e. The fourth-order valence-electron chi connectivity index (χ4n) is 3.93. The minimum Gasteiger partial charge on any atom is -0.493 e. The van der Waals surface area contributed by atoms with Crippen LogP contribution in [0, 0.1) is 0 Å². The van der Waals surface area contributed by atoms with Gasteiger partial charge in [-0.1, -0.05) is 43.3 Å². The van der Waals surface area contributed by atoms with Crippen molar-refractivity contribution < 1.29 is 19.3 Å². The van der Waals surface area contributed by atoms with Crippen molar-refractivity contribution in [2.75, 3.05) is 40.0 Å². The van der Waals surface area contributed by atoms with Gasteiger partial charge in [-0.05, 0) is 36.9 Å². The Morgan fingerprint density at radius 3 is 2.41 bits per heavy atom. The summed E-state index contributed by atoms with van der Waals surface area (Å²) in [6, 6.07) is 21.7. The number of fused-ring (bicyclic) bond motifs is 3. The molecule has 1 atom stereocenters. The second kappa shape index (κ2) is 10.4. The predicted octanol–water partition coefficient (Wildman–Crippen LogP) is 4.47. The van der Waals surface area contributed by atoms with Gasteiger partial charge in [0.2, 0.25) is 0 Å². The maximum atomic E-state index is 10.6. The Labute approximate surface area is 188 Å². The maximum absolute atomic E-state index is 10.6. The van der Waals surface area contributed by atoms with E-state index >= 15 is 0 Å². The number of rotatable bonds is 11. The molecule has 168 valence electrons. The van der Waals surface area contributed by atoms with Gasteiger partial charge in [0.05, 0.1) is 12.6 Å². The van der Waals surface area contributed by atoms with Crippen LogP contribution in [0.4, 0.5) is 0 Å². The third kappa shape index (κ3) is 4.98. The molecule has 6 heteroatoms. The number of para-hydroxylation sites is 3. The molecule has 1 aromatic heterocycles. The zero-order chi connectivity index (χ0) is 22.3. The quantitative estimate of drug-likeness (QED) is 0.365. The monoisotopic (exact) mass is 434 g/mol. The minimum absolute atomic E-state index is 0.225. The summed E-state index contributed by atoms with van der Waals surface area (Å²) in [7, 11) is 1.63. The molecule has 0 amide bonds. The molecule has 4 aromatic rings. The SMILES string of the molecule is CCN(CCOc1ccccc1OC)CC(O)COc1cccc2[nH]c3ccccc3c12. The number of likely N-dealkylation sites (N-methyl/N-ethyl adjacent to an activating group) is 1. The zero-order valence-electron chi connectivity index (χ0n) is 18.6. The predicted molar refractivity (Wildman–Crippen MR) is 128 cm³/mol. The van der Waals surface area contributed by atoms with Crippen LogP contribution in [0.2, 0.25) is 0 Å². The van der Waals surface area contributed by atoms with Crippen LogP contribution in [-0.4, -0.2) is 61.1 Å². The summed E-state index contributed by atoms with van der Waals surface area (Å²) in [6.45, 7) is 4.83. The van der Waals surface area contributed by atoms with Crippen molar-refractivity contribution in [2.45, 2.75) is 13.0 Å². The van der Waals surface area contributed by atoms with Crippen molar-refractivity contribution >= 4 is 21.8 Å². The third-order valence-electron chi connectivity index (χ3n) is 5.57. The van der Waals surface area contributed by atoms with Crippen LogP contribution in [0.25, 0.3) is 21.8 Å². The highest BCUT2D eigenvalue weighted by atomic mass is 16.5. The van der Waals surface area contributed by atoms with Gasteiger partial charge in [-0.3, -0.25) is 4.90 Å². The molecular formula is C26H30N2O4. The third-order valence-corrected chi connectivity index (χ3v) is 5.57. The van der Waals surface area contributed by atoms with Gasteiger partial charge < -0.3 is 24.3 Å². The van der Waals surface area contributed by atoms with Crippen LogP contribution < -0.4 is 14.2 Å². The van der Waals surface area contributed by atoms with Crippen LogP contribution >= 0.6 is 0 Å².